The Morgan fingerprint density at radius 1 is 1.00 bits per heavy atom. The first kappa shape index (κ1) is 23.0. The number of carbonyl (C=O) groups is 2. The lowest BCUT2D eigenvalue weighted by Gasteiger charge is -2.36. The Bertz CT molecular complexity index is 907. The van der Waals surface area contributed by atoms with Crippen molar-refractivity contribution >= 4 is 11.8 Å². The van der Waals surface area contributed by atoms with Gasteiger partial charge in [0.25, 0.3) is 0 Å². The van der Waals surface area contributed by atoms with Crippen molar-refractivity contribution < 1.29 is 14.3 Å². The number of benzene rings is 2. The summed E-state index contributed by atoms with van der Waals surface area (Å²) in [5, 5.41) is 3.08. The molecular weight excluding hydrogens is 388 g/mol. The molecule has 0 fully saturated rings. The van der Waals surface area contributed by atoms with Gasteiger partial charge in [0, 0.05) is 25.9 Å². The first-order chi connectivity index (χ1) is 14.8. The van der Waals surface area contributed by atoms with E-state index in [1.165, 1.54) is 0 Å². The third-order valence-corrected chi connectivity index (χ3v) is 5.60. The zero-order chi connectivity index (χ0) is 22.4. The molecule has 0 bridgehead atoms. The molecule has 5 nitrogen and oxygen atoms in total. The molecule has 1 aliphatic rings. The number of fused-ring (bicyclic) bond motifs is 1. The van der Waals surface area contributed by atoms with Crippen molar-refractivity contribution in [2.45, 2.75) is 72.4 Å². The van der Waals surface area contributed by atoms with Crippen molar-refractivity contribution in [1.29, 1.82) is 0 Å². The number of amides is 2. The smallest absolute Gasteiger partial charge is 0.243 e. The zero-order valence-electron chi connectivity index (χ0n) is 19.1. The van der Waals surface area contributed by atoms with E-state index in [1.54, 1.807) is 4.90 Å². The van der Waals surface area contributed by atoms with Gasteiger partial charge in [0.1, 0.15) is 6.04 Å². The van der Waals surface area contributed by atoms with Crippen LogP contribution in [0.25, 0.3) is 0 Å². The van der Waals surface area contributed by atoms with E-state index in [1.807, 2.05) is 70.2 Å². The molecule has 2 aromatic rings. The number of nitrogens with zero attached hydrogens (tertiary/aromatic N) is 1. The molecule has 0 saturated carbocycles. The molecular formula is C26H34N2O3. The number of nitrogens with one attached hydrogen (secondary N) is 1. The maximum atomic E-state index is 13.2. The van der Waals surface area contributed by atoms with Crippen LogP contribution >= 0.6 is 0 Å². The van der Waals surface area contributed by atoms with Gasteiger partial charge in [-0.2, -0.15) is 0 Å². The molecule has 31 heavy (non-hydrogen) atoms. The van der Waals surface area contributed by atoms with E-state index in [9.17, 15) is 9.59 Å². The highest BCUT2D eigenvalue weighted by molar-refractivity contribution is 5.88. The summed E-state index contributed by atoms with van der Waals surface area (Å²) in [6.45, 7) is 9.49. The molecule has 1 N–H and O–H groups in total. The van der Waals surface area contributed by atoms with Crippen molar-refractivity contribution in [2.24, 2.45) is 5.92 Å². The van der Waals surface area contributed by atoms with Crippen LogP contribution in [0, 0.1) is 5.92 Å². The predicted octanol–water partition coefficient (Wildman–Crippen LogP) is 4.23. The Balaban J connectivity index is 1.73. The molecule has 0 aromatic heterocycles. The van der Waals surface area contributed by atoms with Gasteiger partial charge < -0.3 is 15.0 Å². The highest BCUT2D eigenvalue weighted by Gasteiger charge is 2.34. The minimum absolute atomic E-state index is 0.0374. The minimum atomic E-state index is -0.486. The van der Waals surface area contributed by atoms with Crippen LogP contribution in [0.5, 0.6) is 0 Å². The van der Waals surface area contributed by atoms with Gasteiger partial charge in [-0.05, 0) is 42.0 Å². The number of carbonyl (C=O) groups excluding carboxylic acids is 2. The summed E-state index contributed by atoms with van der Waals surface area (Å²) < 4.78 is 5.75. The molecule has 0 radical (unpaired) electrons. The van der Waals surface area contributed by atoms with Crippen LogP contribution in [-0.4, -0.2) is 28.9 Å². The van der Waals surface area contributed by atoms with Gasteiger partial charge >= 0.3 is 0 Å². The molecule has 1 heterocycles. The fourth-order valence-corrected chi connectivity index (χ4v) is 3.91. The molecule has 2 aromatic carbocycles. The van der Waals surface area contributed by atoms with E-state index in [-0.39, 0.29) is 23.8 Å². The van der Waals surface area contributed by atoms with Crippen LogP contribution < -0.4 is 5.32 Å². The number of hydrogen-bond acceptors (Lipinski definition) is 3. The van der Waals surface area contributed by atoms with Crippen LogP contribution in [0.15, 0.2) is 48.5 Å². The number of ether oxygens (including phenoxy) is 1. The predicted molar refractivity (Wildman–Crippen MR) is 122 cm³/mol. The van der Waals surface area contributed by atoms with Gasteiger partial charge in [0.15, 0.2) is 0 Å². The van der Waals surface area contributed by atoms with Gasteiger partial charge in [-0.1, -0.05) is 62.4 Å². The Labute approximate surface area is 185 Å². The lowest BCUT2D eigenvalue weighted by atomic mass is 9.92. The topological polar surface area (TPSA) is 58.6 Å². The average Bonchev–Trinajstić information content (AvgIpc) is 2.75. The highest BCUT2D eigenvalue weighted by atomic mass is 16.5. The lowest BCUT2D eigenvalue weighted by Crippen LogP contribution is -2.52. The van der Waals surface area contributed by atoms with Crippen molar-refractivity contribution in [2.75, 3.05) is 0 Å². The Morgan fingerprint density at radius 2 is 1.65 bits per heavy atom. The van der Waals surface area contributed by atoms with E-state index in [0.29, 0.717) is 32.5 Å². The fourth-order valence-electron chi connectivity index (χ4n) is 3.91. The fraction of sp³-hybridized carbons (Fsp3) is 0.462. The molecule has 3 rings (SSSR count). The molecule has 5 heteroatoms. The zero-order valence-corrected chi connectivity index (χ0v) is 19.1. The van der Waals surface area contributed by atoms with Crippen LogP contribution in [0.3, 0.4) is 0 Å². The third kappa shape index (κ3) is 6.17. The molecule has 0 saturated heterocycles. The maximum Gasteiger partial charge on any atom is 0.243 e. The number of rotatable bonds is 8. The average molecular weight is 423 g/mol. The van der Waals surface area contributed by atoms with Crippen LogP contribution in [0.2, 0.25) is 0 Å². The summed E-state index contributed by atoms with van der Waals surface area (Å²) in [6, 6.07) is 15.6. The van der Waals surface area contributed by atoms with E-state index >= 15 is 0 Å². The molecule has 166 valence electrons. The van der Waals surface area contributed by atoms with E-state index < -0.39 is 6.04 Å². The van der Waals surface area contributed by atoms with Crippen molar-refractivity contribution in [1.82, 2.24) is 10.2 Å². The van der Waals surface area contributed by atoms with Gasteiger partial charge in [0.2, 0.25) is 11.8 Å². The lowest BCUT2D eigenvalue weighted by molar-refractivity contribution is -0.142. The molecule has 1 unspecified atom stereocenters. The number of hydrogen-bond donors (Lipinski definition) is 1. The normalized spacial score (nSPS) is 15.8. The van der Waals surface area contributed by atoms with E-state index in [0.717, 1.165) is 22.3 Å². The first-order valence-corrected chi connectivity index (χ1v) is 11.2. The quantitative estimate of drug-likeness (QED) is 0.693. The van der Waals surface area contributed by atoms with Crippen LogP contribution in [-0.2, 0) is 40.4 Å². The molecule has 0 spiro atoms. The Hall–Kier alpha value is -2.66. The van der Waals surface area contributed by atoms with Crippen LogP contribution in [0.4, 0.5) is 0 Å². The summed E-state index contributed by atoms with van der Waals surface area (Å²) >= 11 is 0. The second kappa shape index (κ2) is 10.6. The second-order valence-electron chi connectivity index (χ2n) is 8.95. The van der Waals surface area contributed by atoms with Crippen LogP contribution in [0.1, 0.15) is 56.4 Å². The van der Waals surface area contributed by atoms with Gasteiger partial charge in [0.05, 0.1) is 12.7 Å². The van der Waals surface area contributed by atoms with Crippen molar-refractivity contribution in [3.05, 3.63) is 70.8 Å². The maximum absolute atomic E-state index is 13.2. The van der Waals surface area contributed by atoms with Crippen molar-refractivity contribution in [3.63, 3.8) is 0 Å². The molecule has 1 aliphatic heterocycles. The summed E-state index contributed by atoms with van der Waals surface area (Å²) in [7, 11) is 0. The Kier molecular flexibility index (Phi) is 7.85. The molecule has 0 aliphatic carbocycles. The first-order valence-electron chi connectivity index (χ1n) is 11.2. The monoisotopic (exact) mass is 422 g/mol. The van der Waals surface area contributed by atoms with E-state index in [2.05, 4.69) is 11.4 Å². The minimum Gasteiger partial charge on any atom is -0.374 e. The van der Waals surface area contributed by atoms with Crippen molar-refractivity contribution in [3.8, 4) is 0 Å². The van der Waals surface area contributed by atoms with E-state index in [4.69, 9.17) is 4.74 Å². The Morgan fingerprint density at radius 3 is 2.32 bits per heavy atom. The molecule has 1 atom stereocenters. The standard InChI is InChI=1S/C26H34N2O3/c1-18(2)13-25(29)28-16-22-11-7-5-9-20(22)14-24(28)26(30)27-15-21-10-6-8-12-23(21)17-31-19(3)4/h5-12,18-19,24H,13-17H2,1-4H3,(H,27,30). The highest BCUT2D eigenvalue weighted by Crippen LogP contribution is 2.25. The molecule has 2 amide bonds. The SMILES string of the molecule is CC(C)CC(=O)N1Cc2ccccc2CC1C(=O)NCc1ccccc1COC(C)C. The summed E-state index contributed by atoms with van der Waals surface area (Å²) in [6.07, 6.45) is 1.14. The van der Waals surface area contributed by atoms with Gasteiger partial charge in [-0.15, -0.1) is 0 Å². The van der Waals surface area contributed by atoms with Gasteiger partial charge in [-0.25, -0.2) is 0 Å². The third-order valence-electron chi connectivity index (χ3n) is 5.60. The largest absolute Gasteiger partial charge is 0.374 e. The summed E-state index contributed by atoms with van der Waals surface area (Å²) in [5.41, 5.74) is 4.37. The summed E-state index contributed by atoms with van der Waals surface area (Å²) in [5.74, 6) is 0.183. The summed E-state index contributed by atoms with van der Waals surface area (Å²) in [4.78, 5) is 27.9. The second-order valence-corrected chi connectivity index (χ2v) is 8.95. The van der Waals surface area contributed by atoms with Gasteiger partial charge in [-0.3, -0.25) is 9.59 Å².